The summed E-state index contributed by atoms with van der Waals surface area (Å²) in [5.74, 6) is -0.147. The predicted molar refractivity (Wildman–Crippen MR) is 127 cm³/mol. The molecule has 1 aliphatic heterocycles. The Morgan fingerprint density at radius 3 is 2.50 bits per heavy atom. The third-order valence-corrected chi connectivity index (χ3v) is 7.34. The van der Waals surface area contributed by atoms with E-state index in [0.29, 0.717) is 27.7 Å². The van der Waals surface area contributed by atoms with Crippen LogP contribution in [-0.4, -0.2) is 45.2 Å². The molecule has 0 radical (unpaired) electrons. The number of amides is 1. The largest absolute Gasteiger partial charge is 0.349 e. The summed E-state index contributed by atoms with van der Waals surface area (Å²) in [7, 11) is 1.63. The monoisotopic (exact) mass is 451 g/mol. The molecule has 0 aliphatic carbocycles. The van der Waals surface area contributed by atoms with E-state index < -0.39 is 0 Å². The number of aryl methyl sites for hydroxylation is 3. The molecule has 1 aliphatic rings. The van der Waals surface area contributed by atoms with Crippen molar-refractivity contribution in [1.29, 1.82) is 0 Å². The van der Waals surface area contributed by atoms with Gasteiger partial charge >= 0.3 is 0 Å². The van der Waals surface area contributed by atoms with Gasteiger partial charge in [-0.05, 0) is 57.8 Å². The topological polar surface area (TPSA) is 80.1 Å². The van der Waals surface area contributed by atoms with Crippen molar-refractivity contribution in [2.45, 2.75) is 39.7 Å². The number of aromatic nitrogens is 3. The zero-order valence-corrected chi connectivity index (χ0v) is 19.8. The van der Waals surface area contributed by atoms with Gasteiger partial charge in [-0.25, -0.2) is 9.67 Å². The first-order valence-corrected chi connectivity index (χ1v) is 11.8. The maximum Gasteiger partial charge on any atom is 0.277 e. The Hall–Kier alpha value is -2.84. The second kappa shape index (κ2) is 9.34. The van der Waals surface area contributed by atoms with Gasteiger partial charge < -0.3 is 5.32 Å². The van der Waals surface area contributed by atoms with Gasteiger partial charge in [0.15, 0.2) is 0 Å². The number of benzene rings is 1. The van der Waals surface area contributed by atoms with Crippen LogP contribution in [-0.2, 0) is 7.05 Å². The van der Waals surface area contributed by atoms with Crippen LogP contribution in [0.15, 0.2) is 35.1 Å². The normalized spacial score (nSPS) is 15.1. The van der Waals surface area contributed by atoms with Crippen LogP contribution < -0.4 is 10.9 Å². The van der Waals surface area contributed by atoms with Crippen LogP contribution in [0.5, 0.6) is 0 Å². The summed E-state index contributed by atoms with van der Waals surface area (Å²) in [5.41, 5.74) is 3.74. The summed E-state index contributed by atoms with van der Waals surface area (Å²) in [6, 6.07) is 10.5. The molecule has 0 bridgehead atoms. The van der Waals surface area contributed by atoms with E-state index in [1.807, 2.05) is 39.0 Å². The number of carbonyl (C=O) groups excluding carboxylic acids is 1. The molecule has 1 saturated heterocycles. The molecule has 3 heterocycles. The van der Waals surface area contributed by atoms with Gasteiger partial charge in [0.25, 0.3) is 11.5 Å². The maximum atomic E-state index is 13.1. The number of likely N-dealkylation sites (tertiary alicyclic amines) is 1. The van der Waals surface area contributed by atoms with Crippen LogP contribution in [0.4, 0.5) is 0 Å². The van der Waals surface area contributed by atoms with E-state index in [0.717, 1.165) is 24.3 Å². The van der Waals surface area contributed by atoms with Gasteiger partial charge in [0.05, 0.1) is 23.0 Å². The average Bonchev–Trinajstić information content (AvgIpc) is 3.44. The molecule has 1 unspecified atom stereocenters. The molecule has 168 valence electrons. The van der Waals surface area contributed by atoms with Crippen molar-refractivity contribution in [1.82, 2.24) is 25.0 Å². The van der Waals surface area contributed by atoms with Crippen molar-refractivity contribution >= 4 is 17.2 Å². The zero-order valence-electron chi connectivity index (χ0n) is 19.0. The van der Waals surface area contributed by atoms with Crippen molar-refractivity contribution in [3.8, 4) is 10.6 Å². The Kier molecular flexibility index (Phi) is 6.53. The minimum absolute atomic E-state index is 0.146. The molecule has 3 aromatic rings. The van der Waals surface area contributed by atoms with E-state index in [1.165, 1.54) is 34.4 Å². The molecule has 7 nitrogen and oxygen atoms in total. The van der Waals surface area contributed by atoms with Crippen LogP contribution in [0, 0.1) is 20.8 Å². The highest BCUT2D eigenvalue weighted by Gasteiger charge is 2.25. The first-order chi connectivity index (χ1) is 15.4. The maximum absolute atomic E-state index is 13.1. The molecule has 1 amide bonds. The molecule has 1 atom stereocenters. The van der Waals surface area contributed by atoms with Gasteiger partial charge in [0, 0.05) is 13.6 Å². The highest BCUT2D eigenvalue weighted by molar-refractivity contribution is 7.17. The van der Waals surface area contributed by atoms with E-state index in [2.05, 4.69) is 32.4 Å². The Balaban J connectivity index is 1.57. The lowest BCUT2D eigenvalue weighted by Crippen LogP contribution is -2.36. The van der Waals surface area contributed by atoms with Gasteiger partial charge in [-0.1, -0.05) is 30.3 Å². The van der Waals surface area contributed by atoms with Crippen molar-refractivity contribution < 1.29 is 4.79 Å². The van der Waals surface area contributed by atoms with Crippen LogP contribution in [0.3, 0.4) is 0 Å². The molecule has 1 N–H and O–H groups in total. The lowest BCUT2D eigenvalue weighted by molar-refractivity contribution is 0.0941. The van der Waals surface area contributed by atoms with Gasteiger partial charge in [-0.15, -0.1) is 11.3 Å². The lowest BCUT2D eigenvalue weighted by atomic mass is 10.1. The third-order valence-electron chi connectivity index (χ3n) is 6.16. The first kappa shape index (κ1) is 22.4. The summed E-state index contributed by atoms with van der Waals surface area (Å²) in [6.07, 6.45) is 2.38. The molecule has 2 aromatic heterocycles. The van der Waals surface area contributed by atoms with Crippen LogP contribution >= 0.6 is 11.3 Å². The molecule has 1 aromatic carbocycles. The second-order valence-electron chi connectivity index (χ2n) is 8.33. The van der Waals surface area contributed by atoms with Gasteiger partial charge in [0.1, 0.15) is 9.88 Å². The van der Waals surface area contributed by atoms with Gasteiger partial charge in [-0.2, -0.15) is 5.10 Å². The van der Waals surface area contributed by atoms with E-state index >= 15 is 0 Å². The summed E-state index contributed by atoms with van der Waals surface area (Å²) in [4.78, 5) is 33.4. The highest BCUT2D eigenvalue weighted by Crippen LogP contribution is 2.29. The van der Waals surface area contributed by atoms with Crippen LogP contribution in [0.25, 0.3) is 10.6 Å². The van der Waals surface area contributed by atoms with Gasteiger partial charge in [-0.3, -0.25) is 14.5 Å². The molecule has 0 spiro atoms. The van der Waals surface area contributed by atoms with Crippen LogP contribution in [0.1, 0.15) is 51.1 Å². The molecule has 4 rings (SSSR count). The lowest BCUT2D eigenvalue weighted by Gasteiger charge is -2.28. The number of hydrogen-bond acceptors (Lipinski definition) is 6. The second-order valence-corrected chi connectivity index (χ2v) is 9.33. The Bertz CT molecular complexity index is 1180. The molecule has 8 heteroatoms. The molecule has 32 heavy (non-hydrogen) atoms. The van der Waals surface area contributed by atoms with E-state index in [4.69, 9.17) is 0 Å². The quantitative estimate of drug-likeness (QED) is 0.621. The number of thiazole rings is 1. The number of nitrogens with one attached hydrogen (secondary N) is 1. The van der Waals surface area contributed by atoms with E-state index in [9.17, 15) is 9.59 Å². The third kappa shape index (κ3) is 4.38. The van der Waals surface area contributed by atoms with Crippen molar-refractivity contribution in [2.75, 3.05) is 19.6 Å². The molecule has 0 saturated carbocycles. The van der Waals surface area contributed by atoms with Crippen molar-refractivity contribution in [2.24, 2.45) is 7.05 Å². The standard InChI is InChI=1S/C24H29N5O2S/c1-15-16(2)27-28(4)24(31)20(15)23-26-17(3)21(32-23)22(30)25-14-19(29-12-8-9-13-29)18-10-6-5-7-11-18/h5-7,10-11,19H,8-9,12-14H2,1-4H3,(H,25,30). The Morgan fingerprint density at radius 2 is 1.81 bits per heavy atom. The summed E-state index contributed by atoms with van der Waals surface area (Å²) in [6.45, 7) is 8.18. The number of carbonyl (C=O) groups is 1. The van der Waals surface area contributed by atoms with E-state index in [1.54, 1.807) is 7.05 Å². The average molecular weight is 452 g/mol. The predicted octanol–water partition coefficient (Wildman–Crippen LogP) is 3.40. The highest BCUT2D eigenvalue weighted by atomic mass is 32.1. The van der Waals surface area contributed by atoms with Crippen molar-refractivity contribution in [3.05, 3.63) is 68.1 Å². The number of hydrogen-bond donors (Lipinski definition) is 1. The molecular weight excluding hydrogens is 422 g/mol. The Labute approximate surface area is 192 Å². The summed E-state index contributed by atoms with van der Waals surface area (Å²) < 4.78 is 1.33. The fraction of sp³-hybridized carbons (Fsp3) is 0.417. The summed E-state index contributed by atoms with van der Waals surface area (Å²) in [5, 5.41) is 7.93. The Morgan fingerprint density at radius 1 is 1.12 bits per heavy atom. The van der Waals surface area contributed by atoms with Crippen molar-refractivity contribution in [3.63, 3.8) is 0 Å². The SMILES string of the molecule is Cc1nc(-c2c(C)c(C)nn(C)c2=O)sc1C(=O)NCC(c1ccccc1)N1CCCC1. The van der Waals surface area contributed by atoms with Gasteiger partial charge in [0.2, 0.25) is 0 Å². The fourth-order valence-electron chi connectivity index (χ4n) is 4.27. The van der Waals surface area contributed by atoms with Crippen LogP contribution in [0.2, 0.25) is 0 Å². The van der Waals surface area contributed by atoms with E-state index in [-0.39, 0.29) is 17.5 Å². The minimum atomic E-state index is -0.202. The molecular formula is C24H29N5O2S. The fourth-order valence-corrected chi connectivity index (χ4v) is 5.35. The number of rotatable bonds is 6. The number of nitrogens with zero attached hydrogens (tertiary/aromatic N) is 4. The first-order valence-electron chi connectivity index (χ1n) is 11.0. The smallest absolute Gasteiger partial charge is 0.277 e. The summed E-state index contributed by atoms with van der Waals surface area (Å²) >= 11 is 1.27. The zero-order chi connectivity index (χ0) is 22.8. The molecule has 1 fully saturated rings. The minimum Gasteiger partial charge on any atom is -0.349 e.